The van der Waals surface area contributed by atoms with Crippen LogP contribution in [0.2, 0.25) is 5.02 Å². The Morgan fingerprint density at radius 3 is 2.68 bits per heavy atom. The van der Waals surface area contributed by atoms with Crippen molar-refractivity contribution in [3.05, 3.63) is 52.4 Å². The highest BCUT2D eigenvalue weighted by Gasteiger charge is 2.11. The molecule has 1 aromatic carbocycles. The first-order chi connectivity index (χ1) is 10.5. The Morgan fingerprint density at radius 2 is 2.05 bits per heavy atom. The van der Waals surface area contributed by atoms with E-state index in [0.29, 0.717) is 10.7 Å². The zero-order valence-corrected chi connectivity index (χ0v) is 13.2. The topological polar surface area (TPSA) is 71.3 Å². The Hall–Kier alpha value is -2.27. The first-order valence-electron chi connectivity index (χ1n) is 6.85. The van der Waals surface area contributed by atoms with Crippen molar-refractivity contribution < 1.29 is 14.0 Å². The van der Waals surface area contributed by atoms with Crippen LogP contribution in [0.4, 0.5) is 5.69 Å². The Kier molecular flexibility index (Phi) is 5.22. The van der Waals surface area contributed by atoms with Crippen molar-refractivity contribution in [2.45, 2.75) is 20.3 Å². The van der Waals surface area contributed by atoms with Gasteiger partial charge in [0.25, 0.3) is 5.91 Å². The Morgan fingerprint density at radius 1 is 1.27 bits per heavy atom. The second kappa shape index (κ2) is 7.13. The fourth-order valence-electron chi connectivity index (χ4n) is 2.06. The smallest absolute Gasteiger partial charge is 0.286 e. The molecule has 6 heteroatoms. The number of carbonyl (C=O) groups excluding carboxylic acids is 2. The lowest BCUT2D eigenvalue weighted by Gasteiger charge is -2.11. The predicted octanol–water partition coefficient (Wildman–Crippen LogP) is 3.31. The minimum Gasteiger partial charge on any atom is -0.459 e. The van der Waals surface area contributed by atoms with Gasteiger partial charge < -0.3 is 15.1 Å². The molecular weight excluding hydrogens is 304 g/mol. The van der Waals surface area contributed by atoms with Crippen LogP contribution in [-0.4, -0.2) is 18.4 Å². The monoisotopic (exact) mass is 320 g/mol. The Labute approximate surface area is 133 Å². The first kappa shape index (κ1) is 16.1. The van der Waals surface area contributed by atoms with Crippen LogP contribution in [0.1, 0.15) is 28.1 Å². The van der Waals surface area contributed by atoms with Crippen LogP contribution in [0.25, 0.3) is 0 Å². The lowest BCUT2D eigenvalue weighted by Crippen LogP contribution is -2.27. The number of furan rings is 1. The van der Waals surface area contributed by atoms with Crippen LogP contribution in [0.5, 0.6) is 0 Å². The van der Waals surface area contributed by atoms with Crippen molar-refractivity contribution in [2.75, 3.05) is 11.9 Å². The molecule has 0 radical (unpaired) electrons. The summed E-state index contributed by atoms with van der Waals surface area (Å²) in [5, 5.41) is 5.89. The number of hydrogen-bond acceptors (Lipinski definition) is 3. The number of hydrogen-bond donors (Lipinski definition) is 2. The number of aryl methyl sites for hydroxylation is 2. The van der Waals surface area contributed by atoms with Crippen molar-refractivity contribution in [3.63, 3.8) is 0 Å². The van der Waals surface area contributed by atoms with Gasteiger partial charge in [0.05, 0.1) is 17.0 Å². The number of nitrogens with one attached hydrogen (secondary N) is 2. The maximum atomic E-state index is 11.9. The molecule has 2 rings (SSSR count). The summed E-state index contributed by atoms with van der Waals surface area (Å²) in [5.74, 6) is -0.339. The van der Waals surface area contributed by atoms with E-state index in [-0.39, 0.29) is 30.5 Å². The number of anilines is 1. The summed E-state index contributed by atoms with van der Waals surface area (Å²) in [7, 11) is 0. The summed E-state index contributed by atoms with van der Waals surface area (Å²) in [6, 6.07) is 6.93. The van der Waals surface area contributed by atoms with E-state index in [4.69, 9.17) is 16.0 Å². The fraction of sp³-hybridized carbons (Fsp3) is 0.250. The molecule has 116 valence electrons. The highest BCUT2D eigenvalue weighted by Crippen LogP contribution is 2.27. The third kappa shape index (κ3) is 4.11. The molecule has 0 atom stereocenters. The molecule has 0 bridgehead atoms. The van der Waals surface area contributed by atoms with Crippen molar-refractivity contribution in [2.24, 2.45) is 0 Å². The molecule has 0 saturated carbocycles. The summed E-state index contributed by atoms with van der Waals surface area (Å²) >= 11 is 6.13. The molecule has 0 aliphatic heterocycles. The maximum absolute atomic E-state index is 11.9. The van der Waals surface area contributed by atoms with Crippen LogP contribution >= 0.6 is 11.6 Å². The van der Waals surface area contributed by atoms with E-state index in [0.717, 1.165) is 11.1 Å². The zero-order valence-electron chi connectivity index (χ0n) is 12.4. The highest BCUT2D eigenvalue weighted by atomic mass is 35.5. The lowest BCUT2D eigenvalue weighted by atomic mass is 10.1. The molecule has 22 heavy (non-hydrogen) atoms. The second-order valence-electron chi connectivity index (χ2n) is 4.97. The molecule has 0 fully saturated rings. The van der Waals surface area contributed by atoms with Crippen molar-refractivity contribution in [1.29, 1.82) is 0 Å². The quantitative estimate of drug-likeness (QED) is 0.887. The van der Waals surface area contributed by atoms with Gasteiger partial charge in [0.2, 0.25) is 5.91 Å². The number of benzene rings is 1. The molecular formula is C16H17ClN2O3. The SMILES string of the molecule is Cc1cc(C)c(NC(=O)CCNC(=O)c2ccco2)c(Cl)c1. The van der Waals surface area contributed by atoms with Crippen LogP contribution in [0.3, 0.4) is 0 Å². The molecule has 0 aliphatic rings. The zero-order chi connectivity index (χ0) is 16.1. The van der Waals surface area contributed by atoms with Gasteiger partial charge in [0.15, 0.2) is 5.76 Å². The molecule has 5 nitrogen and oxygen atoms in total. The van der Waals surface area contributed by atoms with Gasteiger partial charge in [-0.1, -0.05) is 17.7 Å². The number of halogens is 1. The number of rotatable bonds is 5. The molecule has 2 aromatic rings. The molecule has 1 heterocycles. The van der Waals surface area contributed by atoms with Gasteiger partial charge in [0, 0.05) is 13.0 Å². The summed E-state index contributed by atoms with van der Waals surface area (Å²) < 4.78 is 4.96. The average molecular weight is 321 g/mol. The molecule has 0 unspecified atom stereocenters. The molecule has 0 aliphatic carbocycles. The van der Waals surface area contributed by atoms with E-state index >= 15 is 0 Å². The number of carbonyl (C=O) groups is 2. The summed E-state index contributed by atoms with van der Waals surface area (Å²) in [6.45, 7) is 4.04. The highest BCUT2D eigenvalue weighted by molar-refractivity contribution is 6.34. The van der Waals surface area contributed by atoms with E-state index in [2.05, 4.69) is 10.6 Å². The number of amides is 2. The van der Waals surface area contributed by atoms with Gasteiger partial charge in [-0.2, -0.15) is 0 Å². The molecule has 0 spiro atoms. The fourth-order valence-corrected chi connectivity index (χ4v) is 2.43. The molecule has 2 amide bonds. The predicted molar refractivity (Wildman–Crippen MR) is 85.2 cm³/mol. The average Bonchev–Trinajstić information content (AvgIpc) is 2.97. The molecule has 2 N–H and O–H groups in total. The van der Waals surface area contributed by atoms with E-state index in [1.54, 1.807) is 18.2 Å². The van der Waals surface area contributed by atoms with Crippen molar-refractivity contribution in [3.8, 4) is 0 Å². The lowest BCUT2D eigenvalue weighted by molar-refractivity contribution is -0.116. The molecule has 0 saturated heterocycles. The maximum Gasteiger partial charge on any atom is 0.286 e. The van der Waals surface area contributed by atoms with E-state index < -0.39 is 0 Å². The Bertz CT molecular complexity index is 658. The third-order valence-electron chi connectivity index (χ3n) is 3.08. The third-order valence-corrected chi connectivity index (χ3v) is 3.38. The minimum atomic E-state index is -0.345. The van der Waals surface area contributed by atoms with Crippen LogP contribution in [0, 0.1) is 13.8 Å². The standard InChI is InChI=1S/C16H17ClN2O3/c1-10-8-11(2)15(12(17)9-10)19-14(20)5-6-18-16(21)13-4-3-7-22-13/h3-4,7-9H,5-6H2,1-2H3,(H,18,21)(H,19,20). The van der Waals surface area contributed by atoms with Gasteiger partial charge >= 0.3 is 0 Å². The van der Waals surface area contributed by atoms with Gasteiger partial charge in [-0.3, -0.25) is 9.59 Å². The summed E-state index contributed by atoms with van der Waals surface area (Å²) in [5.41, 5.74) is 2.54. The second-order valence-corrected chi connectivity index (χ2v) is 5.38. The summed E-state index contributed by atoms with van der Waals surface area (Å²) in [6.07, 6.45) is 1.57. The van der Waals surface area contributed by atoms with Crippen molar-refractivity contribution in [1.82, 2.24) is 5.32 Å². The molecule has 1 aromatic heterocycles. The summed E-state index contributed by atoms with van der Waals surface area (Å²) in [4.78, 5) is 23.6. The van der Waals surface area contributed by atoms with Crippen LogP contribution < -0.4 is 10.6 Å². The first-order valence-corrected chi connectivity index (χ1v) is 7.23. The Balaban J connectivity index is 1.85. The van der Waals surface area contributed by atoms with Crippen LogP contribution in [0.15, 0.2) is 34.9 Å². The van der Waals surface area contributed by atoms with Crippen molar-refractivity contribution >= 4 is 29.1 Å². The minimum absolute atomic E-state index is 0.149. The largest absolute Gasteiger partial charge is 0.459 e. The van der Waals surface area contributed by atoms with Crippen LogP contribution in [-0.2, 0) is 4.79 Å². The van der Waals surface area contributed by atoms with Gasteiger partial charge in [0.1, 0.15) is 0 Å². The van der Waals surface area contributed by atoms with Gasteiger partial charge in [-0.05, 0) is 43.2 Å². The van der Waals surface area contributed by atoms with E-state index in [1.165, 1.54) is 6.26 Å². The van der Waals surface area contributed by atoms with E-state index in [1.807, 2.05) is 19.9 Å². The van der Waals surface area contributed by atoms with Gasteiger partial charge in [-0.15, -0.1) is 0 Å². The normalized spacial score (nSPS) is 10.3. The van der Waals surface area contributed by atoms with Gasteiger partial charge in [-0.25, -0.2) is 0 Å². The van der Waals surface area contributed by atoms with E-state index in [9.17, 15) is 9.59 Å².